The molecule has 2 aromatic rings. The standard InChI is InChI=1S/C12H11BrN.HI/c13-12-7-4-8-14(10-12)9-11-5-2-1-3-6-11;/h1-8,10H,9H2;1H/q+1;/p-1. The normalized spacial score (nSPS) is 9.40. The zero-order valence-corrected chi connectivity index (χ0v) is 11.8. The Kier molecular flexibility index (Phi) is 5.25. The number of nitrogens with zero attached hydrogens (tertiary/aromatic N) is 1. The van der Waals surface area contributed by atoms with Crippen molar-refractivity contribution in [3.63, 3.8) is 0 Å². The maximum atomic E-state index is 3.45. The predicted octanol–water partition coefficient (Wildman–Crippen LogP) is -0.211. The van der Waals surface area contributed by atoms with Crippen molar-refractivity contribution in [2.45, 2.75) is 6.54 Å². The molecule has 2 rings (SSSR count). The van der Waals surface area contributed by atoms with Gasteiger partial charge in [0.25, 0.3) is 0 Å². The highest BCUT2D eigenvalue weighted by Crippen LogP contribution is 2.04. The fraction of sp³-hybridized carbons (Fsp3) is 0.0833. The number of halogens is 2. The summed E-state index contributed by atoms with van der Waals surface area (Å²) < 4.78 is 3.26. The first kappa shape index (κ1) is 12.6. The molecule has 0 unspecified atom stereocenters. The highest BCUT2D eigenvalue weighted by molar-refractivity contribution is 9.10. The van der Waals surface area contributed by atoms with Gasteiger partial charge in [-0.05, 0) is 22.0 Å². The maximum absolute atomic E-state index is 3.45. The molecule has 0 aliphatic carbocycles. The van der Waals surface area contributed by atoms with Crippen LogP contribution in [-0.4, -0.2) is 0 Å². The van der Waals surface area contributed by atoms with E-state index in [0.717, 1.165) is 11.0 Å². The molecule has 0 atom stereocenters. The molecule has 1 aromatic carbocycles. The van der Waals surface area contributed by atoms with Crippen LogP contribution in [0.5, 0.6) is 0 Å². The molecule has 0 saturated heterocycles. The second kappa shape index (κ2) is 6.23. The molecule has 0 bridgehead atoms. The quantitative estimate of drug-likeness (QED) is 0.505. The van der Waals surface area contributed by atoms with Crippen LogP contribution in [0.25, 0.3) is 0 Å². The Balaban J connectivity index is 0.00000112. The van der Waals surface area contributed by atoms with Crippen LogP contribution in [0, 0.1) is 0 Å². The lowest BCUT2D eigenvalue weighted by molar-refractivity contribution is -0.688. The van der Waals surface area contributed by atoms with Crippen LogP contribution in [-0.2, 0) is 6.54 Å². The molecule has 0 fully saturated rings. The number of pyridine rings is 1. The van der Waals surface area contributed by atoms with Crippen molar-refractivity contribution in [3.8, 4) is 0 Å². The highest BCUT2D eigenvalue weighted by atomic mass is 127. The molecule has 15 heavy (non-hydrogen) atoms. The van der Waals surface area contributed by atoms with Gasteiger partial charge in [-0.15, -0.1) is 0 Å². The van der Waals surface area contributed by atoms with Gasteiger partial charge < -0.3 is 24.0 Å². The van der Waals surface area contributed by atoms with Crippen molar-refractivity contribution >= 4 is 15.9 Å². The van der Waals surface area contributed by atoms with Crippen LogP contribution in [0.15, 0.2) is 59.3 Å². The van der Waals surface area contributed by atoms with Gasteiger partial charge in [-0.1, -0.05) is 30.3 Å². The van der Waals surface area contributed by atoms with E-state index >= 15 is 0 Å². The first-order valence-corrected chi connectivity index (χ1v) is 5.32. The van der Waals surface area contributed by atoms with E-state index in [1.54, 1.807) is 0 Å². The molecule has 0 spiro atoms. The van der Waals surface area contributed by atoms with Crippen molar-refractivity contribution in [3.05, 3.63) is 64.9 Å². The third-order valence-electron chi connectivity index (χ3n) is 2.03. The SMILES string of the molecule is Brc1ccc[n+](Cc2ccccc2)c1.[I-]. The maximum Gasteiger partial charge on any atom is 0.183 e. The monoisotopic (exact) mass is 375 g/mol. The third-order valence-corrected chi connectivity index (χ3v) is 2.50. The first-order chi connectivity index (χ1) is 6.84. The summed E-state index contributed by atoms with van der Waals surface area (Å²) >= 11 is 3.45. The summed E-state index contributed by atoms with van der Waals surface area (Å²) in [4.78, 5) is 0. The summed E-state index contributed by atoms with van der Waals surface area (Å²) in [5.74, 6) is 0. The number of hydrogen-bond acceptors (Lipinski definition) is 0. The molecule has 0 radical (unpaired) electrons. The van der Waals surface area contributed by atoms with Gasteiger partial charge in [0, 0.05) is 11.6 Å². The van der Waals surface area contributed by atoms with Crippen LogP contribution in [0.3, 0.4) is 0 Å². The summed E-state index contributed by atoms with van der Waals surface area (Å²) in [7, 11) is 0. The average Bonchev–Trinajstić information content (AvgIpc) is 2.19. The molecule has 0 aliphatic rings. The Bertz CT molecular complexity index is 417. The van der Waals surface area contributed by atoms with Crippen molar-refractivity contribution in [1.82, 2.24) is 0 Å². The molecule has 78 valence electrons. The molecular formula is C12H11BrIN. The molecule has 0 saturated carbocycles. The highest BCUT2D eigenvalue weighted by Gasteiger charge is 2.01. The van der Waals surface area contributed by atoms with Crippen molar-refractivity contribution in [1.29, 1.82) is 0 Å². The van der Waals surface area contributed by atoms with Crippen molar-refractivity contribution in [2.75, 3.05) is 0 Å². The van der Waals surface area contributed by atoms with Gasteiger partial charge in [0.1, 0.15) is 0 Å². The smallest absolute Gasteiger partial charge is 0.183 e. The minimum atomic E-state index is 0. The number of benzene rings is 1. The fourth-order valence-electron chi connectivity index (χ4n) is 1.38. The third kappa shape index (κ3) is 3.91. The average molecular weight is 376 g/mol. The van der Waals surface area contributed by atoms with Crippen LogP contribution < -0.4 is 28.5 Å². The molecule has 1 aromatic heterocycles. The molecule has 3 heteroatoms. The van der Waals surface area contributed by atoms with E-state index in [1.165, 1.54) is 5.56 Å². The summed E-state index contributed by atoms with van der Waals surface area (Å²) in [6.45, 7) is 0.917. The van der Waals surface area contributed by atoms with E-state index in [2.05, 4.69) is 57.2 Å². The van der Waals surface area contributed by atoms with Gasteiger partial charge in [0.15, 0.2) is 18.9 Å². The summed E-state index contributed by atoms with van der Waals surface area (Å²) in [5, 5.41) is 0. The lowest BCUT2D eigenvalue weighted by Gasteiger charge is -1.97. The molecule has 0 amide bonds. The lowest BCUT2D eigenvalue weighted by atomic mass is 10.2. The molecule has 0 aliphatic heterocycles. The molecule has 1 heterocycles. The Morgan fingerprint density at radius 1 is 1.00 bits per heavy atom. The van der Waals surface area contributed by atoms with Gasteiger partial charge in [0.05, 0.1) is 4.47 Å². The van der Waals surface area contributed by atoms with Crippen molar-refractivity contribution < 1.29 is 28.5 Å². The van der Waals surface area contributed by atoms with E-state index in [9.17, 15) is 0 Å². The van der Waals surface area contributed by atoms with Crippen LogP contribution in [0.2, 0.25) is 0 Å². The molecular weight excluding hydrogens is 365 g/mol. The Morgan fingerprint density at radius 3 is 2.40 bits per heavy atom. The lowest BCUT2D eigenvalue weighted by Crippen LogP contribution is -3.00. The number of aromatic nitrogens is 1. The Hall–Kier alpha value is -0.420. The summed E-state index contributed by atoms with van der Waals surface area (Å²) in [6.07, 6.45) is 4.14. The minimum absolute atomic E-state index is 0. The van der Waals surface area contributed by atoms with Gasteiger partial charge in [0.2, 0.25) is 0 Å². The van der Waals surface area contributed by atoms with Gasteiger partial charge in [-0.3, -0.25) is 0 Å². The van der Waals surface area contributed by atoms with Crippen molar-refractivity contribution in [2.24, 2.45) is 0 Å². The van der Waals surface area contributed by atoms with Crippen LogP contribution >= 0.6 is 15.9 Å². The van der Waals surface area contributed by atoms with Crippen LogP contribution in [0.4, 0.5) is 0 Å². The summed E-state index contributed by atoms with van der Waals surface area (Å²) in [6, 6.07) is 14.5. The second-order valence-corrected chi connectivity index (χ2v) is 4.10. The first-order valence-electron chi connectivity index (χ1n) is 4.53. The number of rotatable bonds is 2. The predicted molar refractivity (Wildman–Crippen MR) is 59.9 cm³/mol. The van der Waals surface area contributed by atoms with Crippen LogP contribution in [0.1, 0.15) is 5.56 Å². The minimum Gasteiger partial charge on any atom is -1.00 e. The molecule has 0 N–H and O–H groups in total. The van der Waals surface area contributed by atoms with Gasteiger partial charge >= 0.3 is 0 Å². The van der Waals surface area contributed by atoms with E-state index < -0.39 is 0 Å². The largest absolute Gasteiger partial charge is 1.00 e. The second-order valence-electron chi connectivity index (χ2n) is 3.18. The fourth-order valence-corrected chi connectivity index (χ4v) is 1.80. The van der Waals surface area contributed by atoms with E-state index in [0.29, 0.717) is 0 Å². The van der Waals surface area contributed by atoms with Gasteiger partial charge in [-0.25, -0.2) is 0 Å². The topological polar surface area (TPSA) is 3.88 Å². The number of hydrogen-bond donors (Lipinski definition) is 0. The van der Waals surface area contributed by atoms with E-state index in [1.807, 2.05) is 18.2 Å². The Labute approximate surface area is 115 Å². The van der Waals surface area contributed by atoms with Gasteiger partial charge in [-0.2, -0.15) is 4.57 Å². The van der Waals surface area contributed by atoms with E-state index in [-0.39, 0.29) is 24.0 Å². The van der Waals surface area contributed by atoms with E-state index in [4.69, 9.17) is 0 Å². The zero-order valence-electron chi connectivity index (χ0n) is 8.11. The Morgan fingerprint density at radius 2 is 1.73 bits per heavy atom. The summed E-state index contributed by atoms with van der Waals surface area (Å²) in [5.41, 5.74) is 1.32. The molecule has 1 nitrogen and oxygen atoms in total. The zero-order chi connectivity index (χ0) is 9.80.